The molecule has 0 aromatic heterocycles. The normalized spacial score (nSPS) is 10.2. The molecule has 0 aliphatic heterocycles. The van der Waals surface area contributed by atoms with E-state index in [1.165, 1.54) is 0 Å². The number of aldehydes is 2. The molecule has 0 fully saturated rings. The molecule has 0 bridgehead atoms. The number of carbonyl (C=O) groups is 2. The van der Waals surface area contributed by atoms with E-state index in [1.807, 2.05) is 19.0 Å². The van der Waals surface area contributed by atoms with E-state index in [2.05, 4.69) is 0 Å². The summed E-state index contributed by atoms with van der Waals surface area (Å²) in [6.45, 7) is 0.600. The lowest BCUT2D eigenvalue weighted by Crippen LogP contribution is -2.14. The first-order valence-corrected chi connectivity index (χ1v) is 4.36. The van der Waals surface area contributed by atoms with Gasteiger partial charge in [-0.25, -0.2) is 0 Å². The lowest BCUT2D eigenvalue weighted by molar-refractivity contribution is 0.112. The Hall–Kier alpha value is -1.48. The molecule has 0 amide bonds. The maximum absolute atomic E-state index is 10.7. The number of benzene rings is 1. The topological polar surface area (TPSA) is 37.4 Å². The van der Waals surface area contributed by atoms with E-state index in [9.17, 15) is 9.59 Å². The monoisotopic (exact) mass is 191 g/mol. The van der Waals surface area contributed by atoms with Gasteiger partial charge >= 0.3 is 0 Å². The molecule has 0 aliphatic rings. The van der Waals surface area contributed by atoms with Crippen LogP contribution in [0.4, 0.5) is 0 Å². The van der Waals surface area contributed by atoms with Crippen LogP contribution in [0.25, 0.3) is 0 Å². The summed E-state index contributed by atoms with van der Waals surface area (Å²) in [7, 11) is 3.80. The van der Waals surface area contributed by atoms with E-state index in [1.54, 1.807) is 18.2 Å². The van der Waals surface area contributed by atoms with Crippen LogP contribution < -0.4 is 0 Å². The Kier molecular flexibility index (Phi) is 3.54. The SMILES string of the molecule is CN(C)Cc1c(C=O)cccc1C=O. The van der Waals surface area contributed by atoms with Crippen molar-refractivity contribution in [2.24, 2.45) is 0 Å². The van der Waals surface area contributed by atoms with Gasteiger partial charge in [-0.1, -0.05) is 18.2 Å². The van der Waals surface area contributed by atoms with Crippen molar-refractivity contribution < 1.29 is 9.59 Å². The number of nitrogens with zero attached hydrogens (tertiary/aromatic N) is 1. The molecule has 0 saturated carbocycles. The van der Waals surface area contributed by atoms with Gasteiger partial charge in [-0.05, 0) is 19.7 Å². The lowest BCUT2D eigenvalue weighted by Gasteiger charge is -2.13. The summed E-state index contributed by atoms with van der Waals surface area (Å²) in [4.78, 5) is 23.4. The minimum atomic E-state index is 0.586. The van der Waals surface area contributed by atoms with Crippen LogP contribution in [0.3, 0.4) is 0 Å². The van der Waals surface area contributed by atoms with E-state index in [0.717, 1.165) is 18.1 Å². The zero-order chi connectivity index (χ0) is 10.6. The maximum atomic E-state index is 10.7. The van der Waals surface area contributed by atoms with E-state index < -0.39 is 0 Å². The first-order chi connectivity index (χ1) is 6.69. The van der Waals surface area contributed by atoms with E-state index in [4.69, 9.17) is 0 Å². The molecule has 1 aromatic rings. The van der Waals surface area contributed by atoms with Crippen LogP contribution in [0.2, 0.25) is 0 Å². The quantitative estimate of drug-likeness (QED) is 0.674. The molecule has 74 valence electrons. The summed E-state index contributed by atoms with van der Waals surface area (Å²) in [5.74, 6) is 0. The molecular formula is C11H13NO2. The highest BCUT2D eigenvalue weighted by Crippen LogP contribution is 2.13. The second kappa shape index (κ2) is 4.67. The van der Waals surface area contributed by atoms with Crippen molar-refractivity contribution in [1.82, 2.24) is 4.90 Å². The van der Waals surface area contributed by atoms with Gasteiger partial charge in [-0.15, -0.1) is 0 Å². The van der Waals surface area contributed by atoms with Crippen LogP contribution in [-0.4, -0.2) is 31.6 Å². The smallest absolute Gasteiger partial charge is 0.150 e. The first kappa shape index (κ1) is 10.6. The summed E-state index contributed by atoms with van der Waals surface area (Å²) >= 11 is 0. The Labute approximate surface area is 83.3 Å². The maximum Gasteiger partial charge on any atom is 0.150 e. The molecule has 1 aromatic carbocycles. The fourth-order valence-corrected chi connectivity index (χ4v) is 1.34. The number of hydrogen-bond acceptors (Lipinski definition) is 3. The molecule has 14 heavy (non-hydrogen) atoms. The minimum absolute atomic E-state index is 0.586. The Morgan fingerprint density at radius 3 is 2.00 bits per heavy atom. The third kappa shape index (κ3) is 2.26. The highest BCUT2D eigenvalue weighted by atomic mass is 16.1. The minimum Gasteiger partial charge on any atom is -0.305 e. The second-order valence-corrected chi connectivity index (χ2v) is 3.39. The van der Waals surface area contributed by atoms with Crippen LogP contribution in [0, 0.1) is 0 Å². The molecule has 3 heteroatoms. The van der Waals surface area contributed by atoms with Gasteiger partial charge in [0.15, 0.2) is 0 Å². The summed E-state index contributed by atoms with van der Waals surface area (Å²) < 4.78 is 0. The van der Waals surface area contributed by atoms with Crippen LogP contribution in [0.1, 0.15) is 26.3 Å². The molecule has 0 atom stereocenters. The average molecular weight is 191 g/mol. The van der Waals surface area contributed by atoms with Crippen LogP contribution in [0.15, 0.2) is 18.2 Å². The van der Waals surface area contributed by atoms with Gasteiger partial charge in [0.2, 0.25) is 0 Å². The van der Waals surface area contributed by atoms with Crippen molar-refractivity contribution in [3.63, 3.8) is 0 Å². The van der Waals surface area contributed by atoms with Crippen molar-refractivity contribution in [2.75, 3.05) is 14.1 Å². The highest BCUT2D eigenvalue weighted by Gasteiger charge is 2.07. The Bertz CT molecular complexity index is 319. The Balaban J connectivity index is 3.18. The van der Waals surface area contributed by atoms with Crippen LogP contribution >= 0.6 is 0 Å². The Morgan fingerprint density at radius 2 is 1.64 bits per heavy atom. The molecule has 0 N–H and O–H groups in total. The van der Waals surface area contributed by atoms with Gasteiger partial charge in [-0.3, -0.25) is 9.59 Å². The third-order valence-electron chi connectivity index (χ3n) is 1.98. The van der Waals surface area contributed by atoms with Crippen molar-refractivity contribution in [3.8, 4) is 0 Å². The zero-order valence-electron chi connectivity index (χ0n) is 8.36. The largest absolute Gasteiger partial charge is 0.305 e. The van der Waals surface area contributed by atoms with Crippen molar-refractivity contribution in [2.45, 2.75) is 6.54 Å². The van der Waals surface area contributed by atoms with Crippen LogP contribution in [-0.2, 0) is 6.54 Å². The van der Waals surface area contributed by atoms with E-state index in [-0.39, 0.29) is 0 Å². The van der Waals surface area contributed by atoms with Crippen LogP contribution in [0.5, 0.6) is 0 Å². The van der Waals surface area contributed by atoms with E-state index in [0.29, 0.717) is 17.7 Å². The zero-order valence-corrected chi connectivity index (χ0v) is 8.36. The number of hydrogen-bond donors (Lipinski definition) is 0. The third-order valence-corrected chi connectivity index (χ3v) is 1.98. The molecule has 0 spiro atoms. The number of carbonyl (C=O) groups excluding carboxylic acids is 2. The van der Waals surface area contributed by atoms with Crippen molar-refractivity contribution in [3.05, 3.63) is 34.9 Å². The van der Waals surface area contributed by atoms with E-state index >= 15 is 0 Å². The fraction of sp³-hybridized carbons (Fsp3) is 0.273. The molecular weight excluding hydrogens is 178 g/mol. The van der Waals surface area contributed by atoms with Gasteiger partial charge < -0.3 is 4.90 Å². The predicted octanol–water partition coefficient (Wildman–Crippen LogP) is 1.37. The lowest BCUT2D eigenvalue weighted by atomic mass is 10.0. The molecule has 0 unspecified atom stereocenters. The summed E-state index contributed by atoms with van der Waals surface area (Å²) in [6.07, 6.45) is 1.57. The summed E-state index contributed by atoms with van der Waals surface area (Å²) in [5, 5.41) is 0. The van der Waals surface area contributed by atoms with Gasteiger partial charge in [0.05, 0.1) is 0 Å². The second-order valence-electron chi connectivity index (χ2n) is 3.39. The standard InChI is InChI=1S/C11H13NO2/c1-12(2)6-11-9(7-13)4-3-5-10(11)8-14/h3-5,7-8H,6H2,1-2H3. The number of rotatable bonds is 4. The molecule has 0 radical (unpaired) electrons. The summed E-state index contributed by atoms with van der Waals surface area (Å²) in [6, 6.07) is 5.16. The average Bonchev–Trinajstić information content (AvgIpc) is 2.17. The van der Waals surface area contributed by atoms with Crippen molar-refractivity contribution in [1.29, 1.82) is 0 Å². The highest BCUT2D eigenvalue weighted by molar-refractivity contribution is 5.85. The molecule has 3 nitrogen and oxygen atoms in total. The first-order valence-electron chi connectivity index (χ1n) is 4.36. The fourth-order valence-electron chi connectivity index (χ4n) is 1.34. The van der Waals surface area contributed by atoms with Gasteiger partial charge in [-0.2, -0.15) is 0 Å². The molecule has 0 heterocycles. The summed E-state index contributed by atoms with van der Waals surface area (Å²) in [5.41, 5.74) is 1.97. The predicted molar refractivity (Wildman–Crippen MR) is 54.6 cm³/mol. The Morgan fingerprint density at radius 1 is 1.14 bits per heavy atom. The van der Waals surface area contributed by atoms with Gasteiger partial charge in [0.25, 0.3) is 0 Å². The van der Waals surface area contributed by atoms with Gasteiger partial charge in [0.1, 0.15) is 12.6 Å². The van der Waals surface area contributed by atoms with Gasteiger partial charge in [0, 0.05) is 17.7 Å². The van der Waals surface area contributed by atoms with Crippen molar-refractivity contribution >= 4 is 12.6 Å². The molecule has 1 rings (SSSR count). The molecule has 0 aliphatic carbocycles. The molecule has 0 saturated heterocycles.